The van der Waals surface area contributed by atoms with E-state index in [0.29, 0.717) is 17.3 Å². The van der Waals surface area contributed by atoms with Gasteiger partial charge in [-0.15, -0.1) is 11.3 Å². The fourth-order valence-electron chi connectivity index (χ4n) is 1.39. The lowest BCUT2D eigenvalue weighted by Gasteiger charge is -2.06. The highest BCUT2D eigenvalue weighted by molar-refractivity contribution is 7.11. The number of ether oxygens (including phenoxy) is 1. The number of halogens is 1. The van der Waals surface area contributed by atoms with Crippen LogP contribution in [0.4, 0.5) is 0 Å². The zero-order chi connectivity index (χ0) is 13.7. The fraction of sp³-hybridized carbons (Fsp3) is 0.231. The minimum absolute atomic E-state index is 0.0218. The Morgan fingerprint density at radius 3 is 2.79 bits per heavy atom. The summed E-state index contributed by atoms with van der Waals surface area (Å²) in [5, 5.41) is 4.27. The predicted octanol–water partition coefficient (Wildman–Crippen LogP) is 2.80. The van der Waals surface area contributed by atoms with Crippen LogP contribution in [0.1, 0.15) is 9.88 Å². The Labute approximate surface area is 120 Å². The molecule has 0 aliphatic carbocycles. The van der Waals surface area contributed by atoms with Crippen molar-refractivity contribution in [3.63, 3.8) is 0 Å². The summed E-state index contributed by atoms with van der Waals surface area (Å²) in [7, 11) is 0. The number of carbonyl (C=O) groups is 1. The molecule has 6 heteroatoms. The van der Waals surface area contributed by atoms with Crippen molar-refractivity contribution in [2.45, 2.75) is 13.5 Å². The van der Waals surface area contributed by atoms with Gasteiger partial charge in [-0.1, -0.05) is 11.6 Å². The van der Waals surface area contributed by atoms with Gasteiger partial charge < -0.3 is 10.1 Å². The molecule has 0 saturated carbocycles. The summed E-state index contributed by atoms with van der Waals surface area (Å²) in [5.74, 6) is 0.437. The number of hydrogen-bond donors (Lipinski definition) is 1. The van der Waals surface area contributed by atoms with Gasteiger partial charge in [0, 0.05) is 16.1 Å². The lowest BCUT2D eigenvalue weighted by atomic mass is 10.3. The number of thiazole rings is 1. The summed E-state index contributed by atoms with van der Waals surface area (Å²) >= 11 is 7.32. The molecule has 1 aromatic heterocycles. The van der Waals surface area contributed by atoms with Crippen LogP contribution in [0.2, 0.25) is 5.02 Å². The average molecular weight is 297 g/mol. The van der Waals surface area contributed by atoms with E-state index >= 15 is 0 Å². The second kappa shape index (κ2) is 6.54. The monoisotopic (exact) mass is 296 g/mol. The number of aryl methyl sites for hydroxylation is 1. The Kier molecular flexibility index (Phi) is 4.76. The first-order valence-electron chi connectivity index (χ1n) is 5.70. The quantitative estimate of drug-likeness (QED) is 0.923. The zero-order valence-corrected chi connectivity index (χ0v) is 11.9. The minimum atomic E-state index is -0.178. The summed E-state index contributed by atoms with van der Waals surface area (Å²) in [6.07, 6.45) is 1.79. The summed E-state index contributed by atoms with van der Waals surface area (Å²) in [5.41, 5.74) is 0. The maximum absolute atomic E-state index is 11.6. The van der Waals surface area contributed by atoms with E-state index in [-0.39, 0.29) is 12.5 Å². The third-order valence-corrected chi connectivity index (χ3v) is 3.45. The number of aromatic nitrogens is 1. The van der Waals surface area contributed by atoms with Crippen LogP contribution in [0.15, 0.2) is 30.5 Å². The van der Waals surface area contributed by atoms with E-state index < -0.39 is 0 Å². The minimum Gasteiger partial charge on any atom is -0.484 e. The van der Waals surface area contributed by atoms with E-state index in [9.17, 15) is 4.79 Å². The molecule has 1 N–H and O–H groups in total. The lowest BCUT2D eigenvalue weighted by molar-refractivity contribution is -0.123. The Morgan fingerprint density at radius 2 is 2.16 bits per heavy atom. The van der Waals surface area contributed by atoms with Gasteiger partial charge in [0.2, 0.25) is 0 Å². The normalized spacial score (nSPS) is 10.2. The number of rotatable bonds is 5. The van der Waals surface area contributed by atoms with Crippen molar-refractivity contribution >= 4 is 28.8 Å². The highest BCUT2D eigenvalue weighted by atomic mass is 35.5. The number of nitrogens with one attached hydrogen (secondary N) is 1. The van der Waals surface area contributed by atoms with Gasteiger partial charge in [0.1, 0.15) is 10.8 Å². The molecule has 0 unspecified atom stereocenters. The molecule has 4 nitrogen and oxygen atoms in total. The molecule has 0 aliphatic heterocycles. The molecule has 1 aromatic carbocycles. The first-order chi connectivity index (χ1) is 9.13. The first kappa shape index (κ1) is 13.8. The van der Waals surface area contributed by atoms with Crippen LogP contribution in [0.5, 0.6) is 5.75 Å². The van der Waals surface area contributed by atoms with Crippen molar-refractivity contribution in [1.82, 2.24) is 10.3 Å². The topological polar surface area (TPSA) is 51.2 Å². The van der Waals surface area contributed by atoms with Crippen molar-refractivity contribution in [3.8, 4) is 5.75 Å². The standard InChI is InChI=1S/C13H13ClN2O2S/c1-9-6-16-13(19-9)7-15-12(17)8-18-11-4-2-10(14)3-5-11/h2-6H,7-8H2,1H3,(H,15,17). The third kappa shape index (κ3) is 4.54. The van der Waals surface area contributed by atoms with Gasteiger partial charge in [-0.05, 0) is 31.2 Å². The fourth-order valence-corrected chi connectivity index (χ4v) is 2.24. The molecule has 0 aliphatic rings. The number of amides is 1. The molecular formula is C13H13ClN2O2S. The van der Waals surface area contributed by atoms with E-state index in [1.807, 2.05) is 6.92 Å². The average Bonchev–Trinajstić information content (AvgIpc) is 2.81. The van der Waals surface area contributed by atoms with Crippen LogP contribution >= 0.6 is 22.9 Å². The molecule has 0 fully saturated rings. The molecule has 100 valence electrons. The van der Waals surface area contributed by atoms with Crippen LogP contribution in [0.3, 0.4) is 0 Å². The largest absolute Gasteiger partial charge is 0.484 e. The Morgan fingerprint density at radius 1 is 1.42 bits per heavy atom. The molecule has 2 rings (SSSR count). The molecule has 0 atom stereocenters. The molecule has 1 amide bonds. The zero-order valence-electron chi connectivity index (χ0n) is 10.4. The summed E-state index contributed by atoms with van der Waals surface area (Å²) in [6, 6.07) is 6.87. The molecule has 0 radical (unpaired) electrons. The van der Waals surface area contributed by atoms with Crippen molar-refractivity contribution < 1.29 is 9.53 Å². The highest BCUT2D eigenvalue weighted by Crippen LogP contribution is 2.15. The van der Waals surface area contributed by atoms with Gasteiger partial charge in [-0.3, -0.25) is 4.79 Å². The van der Waals surface area contributed by atoms with Crippen molar-refractivity contribution in [2.24, 2.45) is 0 Å². The van der Waals surface area contributed by atoms with Gasteiger partial charge in [-0.25, -0.2) is 4.98 Å². The van der Waals surface area contributed by atoms with Crippen molar-refractivity contribution in [3.05, 3.63) is 45.4 Å². The molecule has 1 heterocycles. The lowest BCUT2D eigenvalue weighted by Crippen LogP contribution is -2.28. The second-order valence-electron chi connectivity index (χ2n) is 3.88. The molecule has 2 aromatic rings. The van der Waals surface area contributed by atoms with E-state index in [1.54, 1.807) is 41.8 Å². The van der Waals surface area contributed by atoms with Crippen molar-refractivity contribution in [1.29, 1.82) is 0 Å². The summed E-state index contributed by atoms with van der Waals surface area (Å²) in [4.78, 5) is 16.9. The molecule has 0 spiro atoms. The van der Waals surface area contributed by atoms with Gasteiger partial charge in [0.05, 0.1) is 6.54 Å². The summed E-state index contributed by atoms with van der Waals surface area (Å²) in [6.45, 7) is 2.39. The van der Waals surface area contributed by atoms with E-state index in [2.05, 4.69) is 10.3 Å². The van der Waals surface area contributed by atoms with Gasteiger partial charge in [0.15, 0.2) is 6.61 Å². The van der Waals surface area contributed by atoms with Crippen LogP contribution in [-0.2, 0) is 11.3 Å². The van der Waals surface area contributed by atoms with Crippen LogP contribution in [0, 0.1) is 6.92 Å². The number of hydrogen-bond acceptors (Lipinski definition) is 4. The smallest absolute Gasteiger partial charge is 0.258 e. The SMILES string of the molecule is Cc1cnc(CNC(=O)COc2ccc(Cl)cc2)s1. The van der Waals surface area contributed by atoms with Crippen LogP contribution < -0.4 is 10.1 Å². The third-order valence-electron chi connectivity index (χ3n) is 2.29. The number of nitrogens with zero attached hydrogens (tertiary/aromatic N) is 1. The predicted molar refractivity (Wildman–Crippen MR) is 75.6 cm³/mol. The van der Waals surface area contributed by atoms with Crippen LogP contribution in [0.25, 0.3) is 0 Å². The molecular weight excluding hydrogens is 284 g/mol. The number of carbonyl (C=O) groups excluding carboxylic acids is 1. The van der Waals surface area contributed by atoms with E-state index in [0.717, 1.165) is 9.88 Å². The first-order valence-corrected chi connectivity index (χ1v) is 6.89. The van der Waals surface area contributed by atoms with E-state index in [1.165, 1.54) is 0 Å². The summed E-state index contributed by atoms with van der Waals surface area (Å²) < 4.78 is 5.33. The molecule has 0 bridgehead atoms. The Bertz CT molecular complexity index is 554. The maximum Gasteiger partial charge on any atom is 0.258 e. The van der Waals surface area contributed by atoms with E-state index in [4.69, 9.17) is 16.3 Å². The molecule has 0 saturated heterocycles. The Hall–Kier alpha value is -1.59. The van der Waals surface area contributed by atoms with Crippen molar-refractivity contribution in [2.75, 3.05) is 6.61 Å². The molecule has 19 heavy (non-hydrogen) atoms. The number of benzene rings is 1. The highest BCUT2D eigenvalue weighted by Gasteiger charge is 2.04. The second-order valence-corrected chi connectivity index (χ2v) is 5.64. The van der Waals surface area contributed by atoms with Crippen LogP contribution in [-0.4, -0.2) is 17.5 Å². The Balaban J connectivity index is 1.74. The van der Waals surface area contributed by atoms with Gasteiger partial charge in [-0.2, -0.15) is 0 Å². The van der Waals surface area contributed by atoms with Gasteiger partial charge in [0.25, 0.3) is 5.91 Å². The van der Waals surface area contributed by atoms with Gasteiger partial charge >= 0.3 is 0 Å². The maximum atomic E-state index is 11.6.